The molecule has 13 heteroatoms. The third-order valence-corrected chi connectivity index (χ3v) is 3.51. The van der Waals surface area contributed by atoms with Gasteiger partial charge in [0.2, 0.25) is 5.82 Å². The number of anilines is 2. The van der Waals surface area contributed by atoms with Gasteiger partial charge in [0.05, 0.1) is 19.3 Å². The number of nitrogen functional groups attached to an aromatic ring is 1. The molecule has 1 aliphatic rings. The maximum Gasteiger partial charge on any atom is 0.476 e. The molecular formula is C12H18N5O7S+. The topological polar surface area (TPSA) is 165 Å². The monoisotopic (exact) mass is 376 g/mol. The minimum absolute atomic E-state index is 0.169. The number of hydrogen-bond acceptors (Lipinski definition) is 9. The van der Waals surface area contributed by atoms with Gasteiger partial charge in [-0.1, -0.05) is 4.98 Å². The van der Waals surface area contributed by atoms with E-state index in [-0.39, 0.29) is 22.9 Å². The Balaban J connectivity index is 2.51. The van der Waals surface area contributed by atoms with Crippen LogP contribution in [0.15, 0.2) is 6.07 Å². The third kappa shape index (κ3) is 4.74. The summed E-state index contributed by atoms with van der Waals surface area (Å²) in [5, 5.41) is 2.27. The smallest absolute Gasteiger partial charge is 0.378 e. The average Bonchev–Trinajstić information content (AvgIpc) is 2.55. The number of aromatic nitrogens is 2. The summed E-state index contributed by atoms with van der Waals surface area (Å²) in [6.07, 6.45) is 0. The molecule has 2 rings (SSSR count). The van der Waals surface area contributed by atoms with E-state index in [0.29, 0.717) is 26.3 Å². The maximum absolute atomic E-state index is 12.3. The molecule has 1 aliphatic heterocycles. The number of ketones is 1. The normalized spacial score (nSPS) is 14.9. The van der Waals surface area contributed by atoms with Crippen molar-refractivity contribution in [1.29, 1.82) is 0 Å². The van der Waals surface area contributed by atoms with E-state index in [4.69, 9.17) is 15.0 Å². The van der Waals surface area contributed by atoms with E-state index in [0.717, 1.165) is 0 Å². The lowest BCUT2D eigenvalue weighted by Crippen LogP contribution is -2.55. The van der Waals surface area contributed by atoms with Gasteiger partial charge in [0.25, 0.3) is 11.7 Å². The van der Waals surface area contributed by atoms with E-state index >= 15 is 0 Å². The second-order valence-corrected chi connectivity index (χ2v) is 5.95. The van der Waals surface area contributed by atoms with E-state index in [9.17, 15) is 18.0 Å². The Kier molecular flexibility index (Phi) is 5.71. The highest BCUT2D eigenvalue weighted by atomic mass is 32.3. The predicted molar refractivity (Wildman–Crippen MR) is 83.0 cm³/mol. The number of carbonyl (C=O) groups excluding carboxylic acids is 2. The molecule has 25 heavy (non-hydrogen) atoms. The summed E-state index contributed by atoms with van der Waals surface area (Å²) in [7, 11) is -5.01. The quantitative estimate of drug-likeness (QED) is 0.206. The van der Waals surface area contributed by atoms with Crippen molar-refractivity contribution in [3.8, 4) is 0 Å². The van der Waals surface area contributed by atoms with Crippen molar-refractivity contribution in [2.24, 2.45) is 0 Å². The molecule has 0 bridgehead atoms. The summed E-state index contributed by atoms with van der Waals surface area (Å²) in [6.45, 7) is 3.55. The molecule has 0 aliphatic carbocycles. The Morgan fingerprint density at radius 1 is 1.48 bits per heavy atom. The predicted octanol–water partition coefficient (Wildman–Crippen LogP) is -2.66. The molecule has 1 fully saturated rings. The zero-order valence-electron chi connectivity index (χ0n) is 13.3. The van der Waals surface area contributed by atoms with E-state index in [1.54, 1.807) is 11.8 Å². The summed E-state index contributed by atoms with van der Waals surface area (Å²) in [5.41, 5.74) is 5.73. The molecule has 12 nitrogen and oxygen atoms in total. The fraction of sp³-hybridized carbons (Fsp3) is 0.500. The van der Waals surface area contributed by atoms with Crippen LogP contribution in [0.4, 0.5) is 11.6 Å². The number of morpholine rings is 1. The standard InChI is InChI=1S/C12H17N5O7S/c1-2-14-12(19)10(18)11-15-9(16-3-5-23-6-4-16)7-8(13)17(11)24-25(20,21)22/h7,13H,2-6H2,1H3,(H2,14,19,20,21,22)/p+1. The molecule has 1 amide bonds. The fourth-order valence-corrected chi connectivity index (χ4v) is 2.46. The Labute approximate surface area is 143 Å². The molecule has 0 spiro atoms. The molecule has 1 saturated heterocycles. The minimum atomic E-state index is -5.01. The van der Waals surface area contributed by atoms with Gasteiger partial charge in [0, 0.05) is 19.6 Å². The number of nitrogens with two attached hydrogens (primary N) is 1. The first kappa shape index (κ1) is 18.8. The molecule has 1 aromatic rings. The van der Waals surface area contributed by atoms with Gasteiger partial charge in [0.1, 0.15) is 0 Å². The highest BCUT2D eigenvalue weighted by Gasteiger charge is 2.34. The molecule has 0 radical (unpaired) electrons. The van der Waals surface area contributed by atoms with Gasteiger partial charge in [-0.15, -0.1) is 0 Å². The van der Waals surface area contributed by atoms with Crippen molar-refractivity contribution in [2.45, 2.75) is 6.92 Å². The Hall–Kier alpha value is -2.51. The fourth-order valence-electron chi connectivity index (χ4n) is 2.11. The lowest BCUT2D eigenvalue weighted by Gasteiger charge is -2.26. The van der Waals surface area contributed by atoms with E-state index < -0.39 is 27.9 Å². The Morgan fingerprint density at radius 3 is 2.68 bits per heavy atom. The van der Waals surface area contributed by atoms with Crippen molar-refractivity contribution in [1.82, 2.24) is 10.3 Å². The molecule has 0 saturated carbocycles. The number of Topliss-reactive ketones (excluding diaryl/α,β-unsaturated/α-hetero) is 1. The highest BCUT2D eigenvalue weighted by Crippen LogP contribution is 2.15. The summed E-state index contributed by atoms with van der Waals surface area (Å²) in [5.74, 6) is -3.00. The van der Waals surface area contributed by atoms with Crippen LogP contribution >= 0.6 is 0 Å². The van der Waals surface area contributed by atoms with Crippen LogP contribution in [0.5, 0.6) is 0 Å². The number of rotatable bonds is 6. The van der Waals surface area contributed by atoms with Gasteiger partial charge < -0.3 is 20.7 Å². The van der Waals surface area contributed by atoms with Crippen LogP contribution in [0, 0.1) is 0 Å². The van der Waals surface area contributed by atoms with Crippen LogP contribution in [-0.2, 0) is 19.9 Å². The first-order valence-corrected chi connectivity index (χ1v) is 8.64. The number of nitrogens with one attached hydrogen (secondary N) is 1. The van der Waals surface area contributed by atoms with Crippen molar-refractivity contribution in [2.75, 3.05) is 43.5 Å². The largest absolute Gasteiger partial charge is 0.476 e. The SMILES string of the molecule is CCNC(=O)C(=O)c1nc(N2CCOCC2)cc(N)[n+]1OS(=O)(=O)O. The summed E-state index contributed by atoms with van der Waals surface area (Å²) in [4.78, 5) is 29.8. The zero-order valence-corrected chi connectivity index (χ0v) is 14.2. The molecule has 0 aromatic carbocycles. The number of ether oxygens (including phenoxy) is 1. The van der Waals surface area contributed by atoms with Crippen LogP contribution in [0.3, 0.4) is 0 Å². The number of nitrogens with zero attached hydrogens (tertiary/aromatic N) is 3. The van der Waals surface area contributed by atoms with Crippen LogP contribution < -0.4 is 25.0 Å². The van der Waals surface area contributed by atoms with Crippen LogP contribution in [0.25, 0.3) is 0 Å². The zero-order chi connectivity index (χ0) is 18.6. The third-order valence-electron chi connectivity index (χ3n) is 3.17. The van der Waals surface area contributed by atoms with Crippen LogP contribution in [-0.4, -0.2) is 62.5 Å². The van der Waals surface area contributed by atoms with E-state index in [1.165, 1.54) is 6.07 Å². The molecule has 138 valence electrons. The number of carbonyl (C=O) groups is 2. The second kappa shape index (κ2) is 7.58. The lowest BCUT2D eigenvalue weighted by molar-refractivity contribution is -0.848. The molecule has 1 aromatic heterocycles. The van der Waals surface area contributed by atoms with Crippen LogP contribution in [0.2, 0.25) is 0 Å². The highest BCUT2D eigenvalue weighted by molar-refractivity contribution is 7.80. The van der Waals surface area contributed by atoms with Gasteiger partial charge in [-0.25, -0.2) is 4.28 Å². The molecule has 4 N–H and O–H groups in total. The molecular weight excluding hydrogens is 358 g/mol. The van der Waals surface area contributed by atoms with Crippen molar-refractivity contribution < 1.29 is 36.3 Å². The van der Waals surface area contributed by atoms with Gasteiger partial charge >= 0.3 is 22.0 Å². The van der Waals surface area contributed by atoms with Crippen molar-refractivity contribution in [3.63, 3.8) is 0 Å². The first-order chi connectivity index (χ1) is 11.7. The Bertz CT molecular complexity index is 776. The molecule has 2 heterocycles. The minimum Gasteiger partial charge on any atom is -0.378 e. The van der Waals surface area contributed by atoms with E-state index in [1.807, 2.05) is 0 Å². The number of amides is 1. The second-order valence-electron chi connectivity index (χ2n) is 4.95. The molecule has 0 unspecified atom stereocenters. The van der Waals surface area contributed by atoms with E-state index in [2.05, 4.69) is 14.6 Å². The number of likely N-dealkylation sites (N-methyl/N-ethyl adjacent to an activating group) is 1. The summed E-state index contributed by atoms with van der Waals surface area (Å²) < 4.78 is 40.6. The summed E-state index contributed by atoms with van der Waals surface area (Å²) >= 11 is 0. The van der Waals surface area contributed by atoms with Gasteiger partial charge in [-0.3, -0.25) is 14.1 Å². The maximum atomic E-state index is 12.3. The summed E-state index contributed by atoms with van der Waals surface area (Å²) in [6, 6.07) is 1.25. The van der Waals surface area contributed by atoms with Crippen LogP contribution in [0.1, 0.15) is 17.5 Å². The van der Waals surface area contributed by atoms with Gasteiger partial charge in [0.15, 0.2) is 0 Å². The average molecular weight is 376 g/mol. The number of hydrogen-bond donors (Lipinski definition) is 3. The lowest BCUT2D eigenvalue weighted by atomic mass is 10.3. The molecule has 0 atom stereocenters. The Morgan fingerprint density at radius 2 is 2.12 bits per heavy atom. The van der Waals surface area contributed by atoms with Gasteiger partial charge in [-0.05, 0) is 11.7 Å². The van der Waals surface area contributed by atoms with Gasteiger partial charge in [-0.2, -0.15) is 8.42 Å². The first-order valence-electron chi connectivity index (χ1n) is 7.28. The van der Waals surface area contributed by atoms with Crippen molar-refractivity contribution >= 4 is 33.7 Å². The van der Waals surface area contributed by atoms with Crippen molar-refractivity contribution in [3.05, 3.63) is 11.9 Å².